The number of hydrogen-bond donors (Lipinski definition) is 1. The average molecular weight is 293 g/mol. The zero-order valence-corrected chi connectivity index (χ0v) is 13.1. The monoisotopic (exact) mass is 293 g/mol. The molecule has 6 heteroatoms. The Morgan fingerprint density at radius 1 is 1.43 bits per heavy atom. The summed E-state index contributed by atoms with van der Waals surface area (Å²) >= 11 is 0. The molecule has 0 unspecified atom stereocenters. The Morgan fingerprint density at radius 3 is 2.71 bits per heavy atom. The summed E-state index contributed by atoms with van der Waals surface area (Å²) in [4.78, 5) is 16.4. The fraction of sp³-hybridized carbons (Fsp3) is 0.733. The van der Waals surface area contributed by atoms with Gasteiger partial charge in [0.1, 0.15) is 0 Å². The highest BCUT2D eigenvalue weighted by atomic mass is 16.2. The van der Waals surface area contributed by atoms with Crippen LogP contribution in [0.15, 0.2) is 18.5 Å². The van der Waals surface area contributed by atoms with Gasteiger partial charge in [0.2, 0.25) is 5.91 Å². The molecule has 1 aromatic heterocycles. The highest BCUT2D eigenvalue weighted by molar-refractivity contribution is 5.81. The lowest BCUT2D eigenvalue weighted by Gasteiger charge is -2.37. The molecule has 1 aliphatic heterocycles. The quantitative estimate of drug-likeness (QED) is 0.831. The molecule has 1 amide bonds. The first-order valence-electron chi connectivity index (χ1n) is 7.83. The second kappa shape index (κ2) is 7.56. The number of nitrogens with zero attached hydrogens (tertiary/aromatic N) is 4. The summed E-state index contributed by atoms with van der Waals surface area (Å²) in [5, 5.41) is 4.22. The number of piperidine rings is 1. The number of aromatic nitrogens is 2. The maximum atomic E-state index is 12.1. The van der Waals surface area contributed by atoms with Crippen molar-refractivity contribution in [1.82, 2.24) is 19.6 Å². The predicted octanol–water partition coefficient (Wildman–Crippen LogP) is 0.543. The Hall–Kier alpha value is -1.40. The number of carbonyl (C=O) groups excluding carboxylic acids is 1. The van der Waals surface area contributed by atoms with Crippen LogP contribution in [0.3, 0.4) is 0 Å². The van der Waals surface area contributed by atoms with Crippen LogP contribution in [0.2, 0.25) is 0 Å². The molecule has 0 saturated carbocycles. The highest BCUT2D eigenvalue weighted by Crippen LogP contribution is 2.16. The number of likely N-dealkylation sites (tertiary alicyclic amines) is 1. The van der Waals surface area contributed by atoms with Crippen LogP contribution in [0.25, 0.3) is 0 Å². The molecule has 0 bridgehead atoms. The summed E-state index contributed by atoms with van der Waals surface area (Å²) in [5.74, 6) is 0.0764. The van der Waals surface area contributed by atoms with Crippen LogP contribution in [-0.4, -0.2) is 64.3 Å². The van der Waals surface area contributed by atoms with Crippen molar-refractivity contribution in [3.05, 3.63) is 18.5 Å². The summed E-state index contributed by atoms with van der Waals surface area (Å²) in [6, 6.07) is 1.92. The van der Waals surface area contributed by atoms with Crippen molar-refractivity contribution in [3.63, 3.8) is 0 Å². The van der Waals surface area contributed by atoms with Crippen molar-refractivity contribution in [2.75, 3.05) is 26.7 Å². The lowest BCUT2D eigenvalue weighted by molar-refractivity contribution is -0.134. The van der Waals surface area contributed by atoms with Gasteiger partial charge in [0, 0.05) is 45.1 Å². The van der Waals surface area contributed by atoms with E-state index in [9.17, 15) is 4.79 Å². The molecule has 0 spiro atoms. The minimum atomic E-state index is -0.354. The van der Waals surface area contributed by atoms with Crippen molar-refractivity contribution >= 4 is 5.91 Å². The molecule has 1 aromatic rings. The number of rotatable bonds is 6. The first-order chi connectivity index (χ1) is 10.1. The Kier molecular flexibility index (Phi) is 5.76. The van der Waals surface area contributed by atoms with Gasteiger partial charge in [-0.3, -0.25) is 9.48 Å². The topological polar surface area (TPSA) is 67.4 Å². The summed E-state index contributed by atoms with van der Waals surface area (Å²) in [6.07, 6.45) is 6.55. The van der Waals surface area contributed by atoms with Crippen LogP contribution >= 0.6 is 0 Å². The molecule has 6 nitrogen and oxygen atoms in total. The molecule has 0 radical (unpaired) electrons. The molecule has 1 aliphatic rings. The van der Waals surface area contributed by atoms with E-state index in [1.54, 1.807) is 0 Å². The molecule has 1 fully saturated rings. The molecule has 21 heavy (non-hydrogen) atoms. The van der Waals surface area contributed by atoms with E-state index in [0.717, 1.165) is 39.0 Å². The van der Waals surface area contributed by atoms with Crippen molar-refractivity contribution in [2.24, 2.45) is 5.73 Å². The summed E-state index contributed by atoms with van der Waals surface area (Å²) in [5.41, 5.74) is 5.84. The van der Waals surface area contributed by atoms with E-state index >= 15 is 0 Å². The summed E-state index contributed by atoms with van der Waals surface area (Å²) in [6.45, 7) is 5.96. The van der Waals surface area contributed by atoms with Gasteiger partial charge in [-0.15, -0.1) is 0 Å². The Bertz CT molecular complexity index is 425. The third kappa shape index (κ3) is 4.28. The minimum Gasteiger partial charge on any atom is -0.341 e. The Morgan fingerprint density at radius 2 is 2.14 bits per heavy atom. The van der Waals surface area contributed by atoms with E-state index in [1.165, 1.54) is 0 Å². The van der Waals surface area contributed by atoms with E-state index in [-0.39, 0.29) is 11.9 Å². The number of nitrogens with two attached hydrogens (primary N) is 1. The van der Waals surface area contributed by atoms with E-state index in [0.29, 0.717) is 12.5 Å². The van der Waals surface area contributed by atoms with Gasteiger partial charge < -0.3 is 15.5 Å². The van der Waals surface area contributed by atoms with Crippen LogP contribution in [0.4, 0.5) is 0 Å². The van der Waals surface area contributed by atoms with E-state index < -0.39 is 0 Å². The lowest BCUT2D eigenvalue weighted by Crippen LogP contribution is -2.50. The molecule has 2 N–H and O–H groups in total. The normalized spacial score (nSPS) is 18.6. The molecule has 2 rings (SSSR count). The van der Waals surface area contributed by atoms with Gasteiger partial charge in [0.05, 0.1) is 12.6 Å². The first kappa shape index (κ1) is 16.0. The van der Waals surface area contributed by atoms with E-state index in [1.807, 2.05) is 42.0 Å². The molecule has 1 atom stereocenters. The van der Waals surface area contributed by atoms with E-state index in [2.05, 4.69) is 10.00 Å². The third-order valence-electron chi connectivity index (χ3n) is 4.41. The summed E-state index contributed by atoms with van der Waals surface area (Å²) in [7, 11) is 1.89. The van der Waals surface area contributed by atoms with Crippen molar-refractivity contribution in [2.45, 2.75) is 44.8 Å². The lowest BCUT2D eigenvalue weighted by atomic mass is 10.0. The molecule has 118 valence electrons. The van der Waals surface area contributed by atoms with Gasteiger partial charge in [-0.05, 0) is 25.3 Å². The average Bonchev–Trinajstić information content (AvgIpc) is 3.04. The molecular weight excluding hydrogens is 266 g/mol. The Balaban J connectivity index is 1.73. The maximum absolute atomic E-state index is 12.1. The van der Waals surface area contributed by atoms with Crippen LogP contribution in [-0.2, 0) is 11.3 Å². The van der Waals surface area contributed by atoms with Gasteiger partial charge >= 0.3 is 0 Å². The largest absolute Gasteiger partial charge is 0.341 e. The van der Waals surface area contributed by atoms with Crippen molar-refractivity contribution in [3.8, 4) is 0 Å². The van der Waals surface area contributed by atoms with Gasteiger partial charge in [-0.1, -0.05) is 6.92 Å². The number of hydrogen-bond acceptors (Lipinski definition) is 4. The van der Waals surface area contributed by atoms with Gasteiger partial charge in [0.25, 0.3) is 0 Å². The molecular formula is C15H27N5O. The second-order valence-corrected chi connectivity index (χ2v) is 5.81. The molecule has 2 heterocycles. The smallest absolute Gasteiger partial charge is 0.239 e. The second-order valence-electron chi connectivity index (χ2n) is 5.81. The molecule has 0 aliphatic carbocycles. The van der Waals surface area contributed by atoms with Crippen LogP contribution in [0.5, 0.6) is 0 Å². The fourth-order valence-electron chi connectivity index (χ4n) is 2.82. The zero-order chi connectivity index (χ0) is 15.2. The maximum Gasteiger partial charge on any atom is 0.239 e. The van der Waals surface area contributed by atoms with Crippen LogP contribution in [0, 0.1) is 0 Å². The van der Waals surface area contributed by atoms with Crippen LogP contribution < -0.4 is 5.73 Å². The standard InChI is InChI=1S/C15H27N5O/c1-3-14(16)15(21)18(2)13-5-9-19(10-6-13)11-12-20-8-4-7-17-20/h4,7-8,13-14H,3,5-6,9-12,16H2,1-2H3/t14-/m0/s1. The number of likely N-dealkylation sites (N-methyl/N-ethyl adjacent to an activating group) is 1. The predicted molar refractivity (Wildman–Crippen MR) is 82.7 cm³/mol. The highest BCUT2D eigenvalue weighted by Gasteiger charge is 2.27. The van der Waals surface area contributed by atoms with Gasteiger partial charge in [-0.2, -0.15) is 5.10 Å². The number of amides is 1. The van der Waals surface area contributed by atoms with Crippen molar-refractivity contribution in [1.29, 1.82) is 0 Å². The first-order valence-corrected chi connectivity index (χ1v) is 7.83. The van der Waals surface area contributed by atoms with E-state index in [4.69, 9.17) is 5.73 Å². The van der Waals surface area contributed by atoms with Crippen LogP contribution in [0.1, 0.15) is 26.2 Å². The van der Waals surface area contributed by atoms with Crippen molar-refractivity contribution < 1.29 is 4.79 Å². The molecule has 0 aromatic carbocycles. The SMILES string of the molecule is CC[C@H](N)C(=O)N(C)C1CCN(CCn2cccn2)CC1. The molecule has 1 saturated heterocycles. The van der Waals surface area contributed by atoms with Gasteiger partial charge in [0.15, 0.2) is 0 Å². The van der Waals surface area contributed by atoms with Gasteiger partial charge in [-0.25, -0.2) is 0 Å². The third-order valence-corrected chi connectivity index (χ3v) is 4.41. The summed E-state index contributed by atoms with van der Waals surface area (Å²) < 4.78 is 1.96. The zero-order valence-electron chi connectivity index (χ0n) is 13.1. The Labute approximate surface area is 126 Å². The fourth-order valence-corrected chi connectivity index (χ4v) is 2.82. The minimum absolute atomic E-state index is 0.0764. The number of carbonyl (C=O) groups is 1.